The van der Waals surface area contributed by atoms with Crippen LogP contribution in [0.2, 0.25) is 0 Å². The second-order valence-electron chi connectivity index (χ2n) is 11.0. The Bertz CT molecular complexity index is 1450. The lowest BCUT2D eigenvalue weighted by Crippen LogP contribution is -2.53. The van der Waals surface area contributed by atoms with E-state index in [0.29, 0.717) is 12.1 Å². The third kappa shape index (κ3) is 7.36. The first kappa shape index (κ1) is 30.3. The van der Waals surface area contributed by atoms with Gasteiger partial charge < -0.3 is 10.2 Å². The standard InChI is InChI=1S/C33H41N3O4S/c1-5-30(33(38)34-28-11-7-8-12-28)35(22-27-18-14-24(2)15-19-27)32(37)23-36(31-13-9-6-10-26(31)4)41(39,40)29-20-16-25(3)17-21-29/h6,9-10,13-21,28,30H,5,7-8,11-12,22-23H2,1-4H3,(H,34,38). The van der Waals surface area contributed by atoms with Gasteiger partial charge in [-0.2, -0.15) is 0 Å². The first-order chi connectivity index (χ1) is 19.6. The van der Waals surface area contributed by atoms with E-state index < -0.39 is 28.5 Å². The molecule has 1 atom stereocenters. The molecule has 1 fully saturated rings. The van der Waals surface area contributed by atoms with Gasteiger partial charge in [0.05, 0.1) is 10.6 Å². The van der Waals surface area contributed by atoms with Gasteiger partial charge in [-0.1, -0.05) is 85.5 Å². The predicted molar refractivity (Wildman–Crippen MR) is 163 cm³/mol. The van der Waals surface area contributed by atoms with Gasteiger partial charge in [0, 0.05) is 12.6 Å². The maximum Gasteiger partial charge on any atom is 0.264 e. The lowest BCUT2D eigenvalue weighted by molar-refractivity contribution is -0.140. The van der Waals surface area contributed by atoms with Gasteiger partial charge in [0.15, 0.2) is 0 Å². The minimum atomic E-state index is -4.09. The van der Waals surface area contributed by atoms with Crippen LogP contribution in [0.3, 0.4) is 0 Å². The molecule has 0 radical (unpaired) electrons. The molecule has 0 aliphatic heterocycles. The van der Waals surface area contributed by atoms with Crippen molar-refractivity contribution in [2.24, 2.45) is 0 Å². The molecule has 0 aromatic heterocycles. The van der Waals surface area contributed by atoms with Crippen LogP contribution in [0.15, 0.2) is 77.7 Å². The van der Waals surface area contributed by atoms with Crippen molar-refractivity contribution in [1.82, 2.24) is 10.2 Å². The Balaban J connectivity index is 1.72. The molecule has 0 saturated heterocycles. The number of benzene rings is 3. The Morgan fingerprint density at radius 1 is 0.878 bits per heavy atom. The van der Waals surface area contributed by atoms with Crippen LogP contribution in [-0.4, -0.2) is 43.8 Å². The fraction of sp³-hybridized carbons (Fsp3) is 0.394. The molecule has 7 nitrogen and oxygen atoms in total. The van der Waals surface area contributed by atoms with E-state index in [1.54, 1.807) is 41.3 Å². The van der Waals surface area contributed by atoms with Gasteiger partial charge in [0.25, 0.3) is 10.0 Å². The van der Waals surface area contributed by atoms with Gasteiger partial charge in [-0.15, -0.1) is 0 Å². The summed E-state index contributed by atoms with van der Waals surface area (Å²) in [6, 6.07) is 21.0. The number of sulfonamides is 1. The number of carbonyl (C=O) groups excluding carboxylic acids is 2. The van der Waals surface area contributed by atoms with Crippen LogP contribution in [0.5, 0.6) is 0 Å². The first-order valence-corrected chi connectivity index (χ1v) is 15.8. The number of rotatable bonds is 11. The highest BCUT2D eigenvalue weighted by atomic mass is 32.2. The van der Waals surface area contributed by atoms with Gasteiger partial charge in [-0.25, -0.2) is 8.42 Å². The average molecular weight is 576 g/mol. The summed E-state index contributed by atoms with van der Waals surface area (Å²) in [5.74, 6) is -0.623. The van der Waals surface area contributed by atoms with E-state index in [1.807, 2.05) is 64.1 Å². The molecule has 4 rings (SSSR count). The topological polar surface area (TPSA) is 86.8 Å². The number of nitrogens with one attached hydrogen (secondary N) is 1. The molecular weight excluding hydrogens is 534 g/mol. The summed E-state index contributed by atoms with van der Waals surface area (Å²) in [6.45, 7) is 7.36. The van der Waals surface area contributed by atoms with Gasteiger partial charge in [-0.3, -0.25) is 13.9 Å². The third-order valence-electron chi connectivity index (χ3n) is 7.83. The summed E-state index contributed by atoms with van der Waals surface area (Å²) in [4.78, 5) is 29.4. The zero-order chi connectivity index (χ0) is 29.6. The molecule has 1 aliphatic carbocycles. The van der Waals surface area contributed by atoms with E-state index in [-0.39, 0.29) is 23.4 Å². The molecule has 1 saturated carbocycles. The molecule has 0 heterocycles. The van der Waals surface area contributed by atoms with Crippen molar-refractivity contribution in [2.45, 2.75) is 83.3 Å². The fourth-order valence-corrected chi connectivity index (χ4v) is 6.85. The van der Waals surface area contributed by atoms with Gasteiger partial charge in [-0.05, 0) is 69.4 Å². The highest BCUT2D eigenvalue weighted by Gasteiger charge is 2.35. The number of anilines is 1. The van der Waals surface area contributed by atoms with Crippen LogP contribution in [-0.2, 0) is 26.2 Å². The van der Waals surface area contributed by atoms with E-state index in [2.05, 4.69) is 5.32 Å². The highest BCUT2D eigenvalue weighted by Crippen LogP contribution is 2.28. The normalized spacial score (nSPS) is 14.4. The maximum atomic E-state index is 14.2. The Kier molecular flexibility index (Phi) is 9.86. The summed E-state index contributed by atoms with van der Waals surface area (Å²) < 4.78 is 29.2. The minimum absolute atomic E-state index is 0.107. The number of nitrogens with zero attached hydrogens (tertiary/aromatic N) is 2. The monoisotopic (exact) mass is 575 g/mol. The second-order valence-corrected chi connectivity index (χ2v) is 12.9. The third-order valence-corrected chi connectivity index (χ3v) is 9.61. The van der Waals surface area contributed by atoms with Crippen LogP contribution < -0.4 is 9.62 Å². The van der Waals surface area contributed by atoms with Crippen LogP contribution in [0, 0.1) is 20.8 Å². The van der Waals surface area contributed by atoms with Crippen molar-refractivity contribution in [1.29, 1.82) is 0 Å². The fourth-order valence-electron chi connectivity index (χ4n) is 5.37. The van der Waals surface area contributed by atoms with Crippen LogP contribution in [0.25, 0.3) is 0 Å². The molecule has 218 valence electrons. The molecule has 2 amide bonds. The molecule has 8 heteroatoms. The van der Waals surface area contributed by atoms with Gasteiger partial charge in [0.2, 0.25) is 11.8 Å². The Hall–Kier alpha value is -3.65. The summed E-state index contributed by atoms with van der Waals surface area (Å²) in [5.41, 5.74) is 4.06. The highest BCUT2D eigenvalue weighted by molar-refractivity contribution is 7.92. The lowest BCUT2D eigenvalue weighted by atomic mass is 10.1. The molecule has 1 N–H and O–H groups in total. The molecule has 1 unspecified atom stereocenters. The van der Waals surface area contributed by atoms with Crippen LogP contribution in [0.1, 0.15) is 61.3 Å². The first-order valence-electron chi connectivity index (χ1n) is 14.4. The number of amides is 2. The average Bonchev–Trinajstić information content (AvgIpc) is 3.46. The van der Waals surface area contributed by atoms with E-state index >= 15 is 0 Å². The molecule has 0 spiro atoms. The molecule has 1 aliphatic rings. The summed E-state index contributed by atoms with van der Waals surface area (Å²) in [7, 11) is -4.09. The molecular formula is C33H41N3O4S. The number of carbonyl (C=O) groups is 2. The quantitative estimate of drug-likeness (QED) is 0.319. The predicted octanol–water partition coefficient (Wildman–Crippen LogP) is 5.67. The van der Waals surface area contributed by atoms with E-state index in [0.717, 1.165) is 47.9 Å². The van der Waals surface area contributed by atoms with Crippen molar-refractivity contribution in [3.05, 3.63) is 95.1 Å². The van der Waals surface area contributed by atoms with Gasteiger partial charge >= 0.3 is 0 Å². The van der Waals surface area contributed by atoms with E-state index in [9.17, 15) is 18.0 Å². The summed E-state index contributed by atoms with van der Waals surface area (Å²) in [5, 5.41) is 3.15. The van der Waals surface area contributed by atoms with Crippen molar-refractivity contribution in [3.63, 3.8) is 0 Å². The van der Waals surface area contributed by atoms with E-state index in [4.69, 9.17) is 0 Å². The number of aryl methyl sites for hydroxylation is 3. The van der Waals surface area contributed by atoms with Crippen molar-refractivity contribution < 1.29 is 18.0 Å². The lowest BCUT2D eigenvalue weighted by Gasteiger charge is -2.34. The summed E-state index contributed by atoms with van der Waals surface area (Å²) >= 11 is 0. The largest absolute Gasteiger partial charge is 0.352 e. The SMILES string of the molecule is CCC(C(=O)NC1CCCC1)N(Cc1ccc(C)cc1)C(=O)CN(c1ccccc1C)S(=O)(=O)c1ccc(C)cc1. The number of hydrogen-bond donors (Lipinski definition) is 1. The van der Waals surface area contributed by atoms with Crippen molar-refractivity contribution >= 4 is 27.5 Å². The van der Waals surface area contributed by atoms with Crippen molar-refractivity contribution in [3.8, 4) is 0 Å². The second kappa shape index (κ2) is 13.3. The smallest absolute Gasteiger partial charge is 0.264 e. The summed E-state index contributed by atoms with van der Waals surface area (Å²) in [6.07, 6.45) is 4.44. The maximum absolute atomic E-state index is 14.2. The Morgan fingerprint density at radius 2 is 1.46 bits per heavy atom. The van der Waals surface area contributed by atoms with Crippen molar-refractivity contribution in [2.75, 3.05) is 10.8 Å². The Morgan fingerprint density at radius 3 is 2.05 bits per heavy atom. The molecule has 41 heavy (non-hydrogen) atoms. The Labute approximate surface area is 244 Å². The molecule has 3 aromatic carbocycles. The zero-order valence-electron chi connectivity index (χ0n) is 24.5. The molecule has 3 aromatic rings. The van der Waals surface area contributed by atoms with Crippen LogP contribution in [0.4, 0.5) is 5.69 Å². The van der Waals surface area contributed by atoms with Gasteiger partial charge in [0.1, 0.15) is 12.6 Å². The number of hydrogen-bond acceptors (Lipinski definition) is 4. The number of para-hydroxylation sites is 1. The van der Waals surface area contributed by atoms with E-state index in [1.165, 1.54) is 4.31 Å². The molecule has 0 bridgehead atoms. The minimum Gasteiger partial charge on any atom is -0.352 e. The zero-order valence-corrected chi connectivity index (χ0v) is 25.3. The van der Waals surface area contributed by atoms with Crippen LogP contribution >= 0.6 is 0 Å².